The van der Waals surface area contributed by atoms with Crippen LogP contribution in [-0.2, 0) is 11.2 Å². The number of carbonyl (C=O) groups excluding carboxylic acids is 1. The molecule has 0 radical (unpaired) electrons. The lowest BCUT2D eigenvalue weighted by Crippen LogP contribution is -2.36. The highest BCUT2D eigenvalue weighted by molar-refractivity contribution is 5.79. The maximum absolute atomic E-state index is 12.4. The zero-order chi connectivity index (χ0) is 15.9. The molecular formula is C19H24N2O. The molecule has 0 saturated carbocycles. The van der Waals surface area contributed by atoms with E-state index >= 15 is 0 Å². The molecule has 2 aromatic rings. The lowest BCUT2D eigenvalue weighted by atomic mass is 10.0. The minimum Gasteiger partial charge on any atom is -0.348 e. The number of rotatable bonds is 6. The van der Waals surface area contributed by atoms with Crippen molar-refractivity contribution in [1.29, 1.82) is 0 Å². The van der Waals surface area contributed by atoms with E-state index in [1.165, 1.54) is 0 Å². The lowest BCUT2D eigenvalue weighted by molar-refractivity contribution is -0.121. The number of amides is 1. The van der Waals surface area contributed by atoms with E-state index in [2.05, 4.69) is 22.3 Å². The van der Waals surface area contributed by atoms with Crippen molar-refractivity contribution in [3.63, 3.8) is 0 Å². The van der Waals surface area contributed by atoms with Crippen molar-refractivity contribution in [2.75, 3.05) is 20.6 Å². The first kappa shape index (κ1) is 16.2. The Morgan fingerprint density at radius 2 is 1.68 bits per heavy atom. The minimum absolute atomic E-state index is 0.00715. The van der Waals surface area contributed by atoms with E-state index in [4.69, 9.17) is 0 Å². The summed E-state index contributed by atoms with van der Waals surface area (Å²) < 4.78 is 0. The second-order valence-corrected chi connectivity index (χ2v) is 5.90. The van der Waals surface area contributed by atoms with Crippen LogP contribution in [0.5, 0.6) is 0 Å². The van der Waals surface area contributed by atoms with Gasteiger partial charge in [-0.3, -0.25) is 4.79 Å². The third-order valence-corrected chi connectivity index (χ3v) is 3.70. The molecule has 0 bridgehead atoms. The van der Waals surface area contributed by atoms with E-state index in [9.17, 15) is 4.79 Å². The molecule has 0 unspecified atom stereocenters. The maximum atomic E-state index is 12.4. The summed E-state index contributed by atoms with van der Waals surface area (Å²) in [4.78, 5) is 14.5. The van der Waals surface area contributed by atoms with E-state index in [0.29, 0.717) is 6.42 Å². The molecule has 1 amide bonds. The van der Waals surface area contributed by atoms with Crippen LogP contribution in [0.1, 0.15) is 22.7 Å². The first-order chi connectivity index (χ1) is 10.6. The number of nitrogens with one attached hydrogen (secondary N) is 1. The monoisotopic (exact) mass is 296 g/mol. The second kappa shape index (κ2) is 7.76. The van der Waals surface area contributed by atoms with Gasteiger partial charge in [0, 0.05) is 6.54 Å². The summed E-state index contributed by atoms with van der Waals surface area (Å²) in [6.45, 7) is 2.82. The van der Waals surface area contributed by atoms with Gasteiger partial charge in [-0.05, 0) is 37.7 Å². The average molecular weight is 296 g/mol. The Balaban J connectivity index is 2.07. The third-order valence-electron chi connectivity index (χ3n) is 3.70. The molecule has 2 aromatic carbocycles. The standard InChI is InChI=1S/C19H24N2O/c1-15-9-7-8-12-17(15)13-19(22)20-18(14-21(2)3)16-10-5-4-6-11-16/h4-12,18H,13-14H2,1-3H3,(H,20,22)/t18-/m1/s1. The van der Waals surface area contributed by atoms with E-state index in [1.54, 1.807) is 0 Å². The molecule has 1 atom stereocenters. The topological polar surface area (TPSA) is 32.3 Å². The normalized spacial score (nSPS) is 12.2. The van der Waals surface area contributed by atoms with Crippen molar-refractivity contribution in [3.8, 4) is 0 Å². The Hall–Kier alpha value is -2.13. The van der Waals surface area contributed by atoms with Crippen LogP contribution in [0.15, 0.2) is 54.6 Å². The molecule has 0 spiro atoms. The van der Waals surface area contributed by atoms with Gasteiger partial charge in [-0.2, -0.15) is 0 Å². The van der Waals surface area contributed by atoms with Gasteiger partial charge in [0.2, 0.25) is 5.91 Å². The Bertz CT molecular complexity index is 608. The first-order valence-electron chi connectivity index (χ1n) is 7.60. The number of carbonyl (C=O) groups is 1. The highest BCUT2D eigenvalue weighted by Gasteiger charge is 2.16. The van der Waals surface area contributed by atoms with E-state index in [1.807, 2.05) is 63.5 Å². The Kier molecular flexibility index (Phi) is 5.73. The van der Waals surface area contributed by atoms with Crippen molar-refractivity contribution in [2.24, 2.45) is 0 Å². The van der Waals surface area contributed by atoms with Crippen LogP contribution >= 0.6 is 0 Å². The fourth-order valence-corrected chi connectivity index (χ4v) is 2.51. The van der Waals surface area contributed by atoms with Crippen molar-refractivity contribution in [2.45, 2.75) is 19.4 Å². The van der Waals surface area contributed by atoms with Gasteiger partial charge in [0.25, 0.3) is 0 Å². The molecule has 3 heteroatoms. The average Bonchev–Trinajstić information content (AvgIpc) is 2.49. The highest BCUT2D eigenvalue weighted by Crippen LogP contribution is 2.14. The number of likely N-dealkylation sites (N-methyl/N-ethyl adjacent to an activating group) is 1. The van der Waals surface area contributed by atoms with Crippen LogP contribution in [0.4, 0.5) is 0 Å². The Morgan fingerprint density at radius 3 is 2.32 bits per heavy atom. The number of hydrogen-bond acceptors (Lipinski definition) is 2. The summed E-state index contributed by atoms with van der Waals surface area (Å²) in [6, 6.07) is 18.1. The summed E-state index contributed by atoms with van der Waals surface area (Å²) >= 11 is 0. The third kappa shape index (κ3) is 4.71. The predicted octanol–water partition coefficient (Wildman–Crippen LogP) is 2.96. The molecule has 3 nitrogen and oxygen atoms in total. The number of benzene rings is 2. The molecule has 116 valence electrons. The quantitative estimate of drug-likeness (QED) is 0.889. The smallest absolute Gasteiger partial charge is 0.224 e. The summed E-state index contributed by atoms with van der Waals surface area (Å²) in [5.41, 5.74) is 3.37. The highest BCUT2D eigenvalue weighted by atomic mass is 16.1. The van der Waals surface area contributed by atoms with Crippen molar-refractivity contribution in [3.05, 3.63) is 71.3 Å². The fourth-order valence-electron chi connectivity index (χ4n) is 2.51. The fraction of sp³-hybridized carbons (Fsp3) is 0.316. The molecule has 0 aliphatic carbocycles. The first-order valence-corrected chi connectivity index (χ1v) is 7.60. The largest absolute Gasteiger partial charge is 0.348 e. The van der Waals surface area contributed by atoms with Gasteiger partial charge in [-0.1, -0.05) is 54.6 Å². The zero-order valence-electron chi connectivity index (χ0n) is 13.5. The van der Waals surface area contributed by atoms with E-state index in [-0.39, 0.29) is 11.9 Å². The molecule has 0 saturated heterocycles. The van der Waals surface area contributed by atoms with Crippen molar-refractivity contribution >= 4 is 5.91 Å². The van der Waals surface area contributed by atoms with E-state index in [0.717, 1.165) is 23.2 Å². The van der Waals surface area contributed by atoms with Gasteiger partial charge in [0.1, 0.15) is 0 Å². The lowest BCUT2D eigenvalue weighted by Gasteiger charge is -2.23. The van der Waals surface area contributed by atoms with Gasteiger partial charge >= 0.3 is 0 Å². The Labute approximate surface area is 133 Å². The van der Waals surface area contributed by atoms with Crippen LogP contribution < -0.4 is 5.32 Å². The van der Waals surface area contributed by atoms with E-state index < -0.39 is 0 Å². The molecular weight excluding hydrogens is 272 g/mol. The molecule has 2 rings (SSSR count). The van der Waals surface area contributed by atoms with Crippen molar-refractivity contribution < 1.29 is 4.79 Å². The summed E-state index contributed by atoms with van der Waals surface area (Å²) in [6.07, 6.45) is 0.420. The van der Waals surface area contributed by atoms with Crippen LogP contribution in [-0.4, -0.2) is 31.4 Å². The SMILES string of the molecule is Cc1ccccc1CC(=O)N[C@H](CN(C)C)c1ccccc1. The number of hydrogen-bond donors (Lipinski definition) is 1. The second-order valence-electron chi connectivity index (χ2n) is 5.90. The summed E-state index contributed by atoms with van der Waals surface area (Å²) in [5.74, 6) is 0.0602. The van der Waals surface area contributed by atoms with Crippen LogP contribution in [0.2, 0.25) is 0 Å². The number of nitrogens with zero attached hydrogens (tertiary/aromatic N) is 1. The van der Waals surface area contributed by atoms with Gasteiger partial charge in [0.15, 0.2) is 0 Å². The van der Waals surface area contributed by atoms with Crippen LogP contribution in [0.25, 0.3) is 0 Å². The molecule has 0 fully saturated rings. The molecule has 0 aromatic heterocycles. The predicted molar refractivity (Wildman–Crippen MR) is 90.8 cm³/mol. The molecule has 1 N–H and O–H groups in total. The molecule has 22 heavy (non-hydrogen) atoms. The molecule has 0 aliphatic rings. The molecule has 0 heterocycles. The summed E-state index contributed by atoms with van der Waals surface area (Å²) in [7, 11) is 4.03. The zero-order valence-corrected chi connectivity index (χ0v) is 13.5. The summed E-state index contributed by atoms with van der Waals surface area (Å²) in [5, 5.41) is 3.16. The minimum atomic E-state index is 0.00715. The van der Waals surface area contributed by atoms with Gasteiger partial charge in [-0.15, -0.1) is 0 Å². The van der Waals surface area contributed by atoms with Gasteiger partial charge in [-0.25, -0.2) is 0 Å². The molecule has 0 aliphatic heterocycles. The maximum Gasteiger partial charge on any atom is 0.224 e. The van der Waals surface area contributed by atoms with Crippen LogP contribution in [0, 0.1) is 6.92 Å². The number of aryl methyl sites for hydroxylation is 1. The van der Waals surface area contributed by atoms with Crippen LogP contribution in [0.3, 0.4) is 0 Å². The van der Waals surface area contributed by atoms with Gasteiger partial charge < -0.3 is 10.2 Å². The van der Waals surface area contributed by atoms with Crippen molar-refractivity contribution in [1.82, 2.24) is 10.2 Å². The Morgan fingerprint density at radius 1 is 1.05 bits per heavy atom. The van der Waals surface area contributed by atoms with Gasteiger partial charge in [0.05, 0.1) is 12.5 Å².